The highest BCUT2D eigenvalue weighted by molar-refractivity contribution is 5.43. The van der Waals surface area contributed by atoms with Crippen LogP contribution in [0.1, 0.15) is 77.7 Å². The fourth-order valence-electron chi connectivity index (χ4n) is 6.58. The summed E-state index contributed by atoms with van der Waals surface area (Å²) in [5.74, 6) is 1.03. The zero-order valence-electron chi connectivity index (χ0n) is 25.7. The monoisotopic (exact) mass is 608 g/mol. The number of rotatable bonds is 14. The number of alkyl halides is 3. The summed E-state index contributed by atoms with van der Waals surface area (Å²) >= 11 is 0. The molecule has 0 amide bonds. The molecule has 4 rings (SSSR count). The van der Waals surface area contributed by atoms with E-state index in [0.29, 0.717) is 36.4 Å². The lowest BCUT2D eigenvalue weighted by Crippen LogP contribution is -2.46. The number of unbranched alkanes of at least 4 members (excludes halogenated alkanes) is 1. The summed E-state index contributed by atoms with van der Waals surface area (Å²) in [7, 11) is 0. The van der Waals surface area contributed by atoms with Crippen molar-refractivity contribution < 1.29 is 22.3 Å². The molecule has 1 saturated carbocycles. The summed E-state index contributed by atoms with van der Waals surface area (Å²) in [6.45, 7) is 10.7. The van der Waals surface area contributed by atoms with Crippen molar-refractivity contribution in [2.45, 2.75) is 97.1 Å². The van der Waals surface area contributed by atoms with Crippen molar-refractivity contribution in [3.8, 4) is 5.75 Å². The molecule has 11 heteroatoms. The van der Waals surface area contributed by atoms with E-state index in [9.17, 15) is 17.6 Å². The van der Waals surface area contributed by atoms with Gasteiger partial charge in [0.2, 0.25) is 5.95 Å². The first-order chi connectivity index (χ1) is 20.6. The number of nitrogens with zero attached hydrogens (tertiary/aromatic N) is 3. The predicted octanol–water partition coefficient (Wildman–Crippen LogP) is 7.22. The zero-order valence-corrected chi connectivity index (χ0v) is 25.7. The number of halogens is 4. The molecule has 1 unspecified atom stereocenters. The van der Waals surface area contributed by atoms with Crippen molar-refractivity contribution in [1.82, 2.24) is 20.2 Å². The number of nitrogens with one attached hydrogen (secondary N) is 3. The van der Waals surface area contributed by atoms with E-state index < -0.39 is 12.2 Å². The van der Waals surface area contributed by atoms with Crippen LogP contribution in [0.15, 0.2) is 30.5 Å². The van der Waals surface area contributed by atoms with Crippen molar-refractivity contribution in [3.05, 3.63) is 41.8 Å². The molecule has 0 bridgehead atoms. The Morgan fingerprint density at radius 1 is 1.00 bits per heavy atom. The van der Waals surface area contributed by atoms with Gasteiger partial charge in [-0.25, -0.2) is 9.37 Å². The standard InChI is InChI=1S/C32H48F4N6O/c1-4-5-8-23-15-24(18-37-27-11-13-42(14-12-27)22(2)3)17-25(16-23)19-38-30-28(33)21-40-31(41-30)39-20-26-9-6-7-10-29(26)43-32(34,35)36/h6-7,9-10,21-25,27,37H,4-5,8,11-20H2,1-3H3,(H2,38,39,40,41)/t23?,24-,25-/m1/s1. The van der Waals surface area contributed by atoms with E-state index in [0.717, 1.165) is 38.7 Å². The Morgan fingerprint density at radius 2 is 1.70 bits per heavy atom. The molecule has 3 N–H and O–H groups in total. The van der Waals surface area contributed by atoms with E-state index in [1.54, 1.807) is 6.07 Å². The number of para-hydroxylation sites is 1. The molecule has 0 radical (unpaired) electrons. The van der Waals surface area contributed by atoms with Gasteiger partial charge in [-0.05, 0) is 89.4 Å². The van der Waals surface area contributed by atoms with Gasteiger partial charge >= 0.3 is 6.36 Å². The normalized spacial score (nSPS) is 22.1. The molecule has 3 atom stereocenters. The first-order valence-electron chi connectivity index (χ1n) is 15.9. The number of aromatic nitrogens is 2. The van der Waals surface area contributed by atoms with Gasteiger partial charge in [-0.3, -0.25) is 0 Å². The van der Waals surface area contributed by atoms with Crippen LogP contribution >= 0.6 is 0 Å². The number of piperidine rings is 1. The van der Waals surface area contributed by atoms with E-state index in [1.807, 2.05) is 0 Å². The van der Waals surface area contributed by atoms with Gasteiger partial charge in [0, 0.05) is 30.7 Å². The van der Waals surface area contributed by atoms with Crippen molar-refractivity contribution in [1.29, 1.82) is 0 Å². The van der Waals surface area contributed by atoms with Gasteiger partial charge in [-0.15, -0.1) is 13.2 Å². The molecule has 1 aliphatic heterocycles. The van der Waals surface area contributed by atoms with Gasteiger partial charge in [0.05, 0.1) is 6.20 Å². The smallest absolute Gasteiger partial charge is 0.405 e. The van der Waals surface area contributed by atoms with Gasteiger partial charge in [0.25, 0.3) is 0 Å². The summed E-state index contributed by atoms with van der Waals surface area (Å²) in [6, 6.07) is 7.04. The Hall–Kier alpha value is -2.66. The maximum Gasteiger partial charge on any atom is 0.573 e. The molecular weight excluding hydrogens is 560 g/mol. The lowest BCUT2D eigenvalue weighted by molar-refractivity contribution is -0.274. The number of anilines is 2. The maximum absolute atomic E-state index is 14.7. The zero-order chi connectivity index (χ0) is 30.8. The number of hydrogen-bond donors (Lipinski definition) is 3. The average Bonchev–Trinajstić information content (AvgIpc) is 2.98. The third kappa shape index (κ3) is 10.8. The Morgan fingerprint density at radius 3 is 2.40 bits per heavy atom. The molecule has 2 fully saturated rings. The summed E-state index contributed by atoms with van der Waals surface area (Å²) in [6.07, 6.45) is 5.75. The minimum Gasteiger partial charge on any atom is -0.405 e. The highest BCUT2D eigenvalue weighted by atomic mass is 19.4. The molecule has 1 aliphatic carbocycles. The van der Waals surface area contributed by atoms with Gasteiger partial charge in [-0.2, -0.15) is 4.98 Å². The van der Waals surface area contributed by atoms with Crippen LogP contribution in [-0.4, -0.2) is 59.5 Å². The SMILES string of the molecule is CCCCC1C[C@@H](CNc2nc(NCc3ccccc3OC(F)(F)F)ncc2F)C[C@H](CNC2CCN(C(C)C)CC2)C1. The van der Waals surface area contributed by atoms with Crippen molar-refractivity contribution in [3.63, 3.8) is 0 Å². The molecule has 240 valence electrons. The third-order valence-corrected chi connectivity index (χ3v) is 8.86. The van der Waals surface area contributed by atoms with Crippen LogP contribution in [0, 0.1) is 23.6 Å². The lowest BCUT2D eigenvalue weighted by Gasteiger charge is -2.38. The Labute approximate surface area is 253 Å². The van der Waals surface area contributed by atoms with E-state index in [-0.39, 0.29) is 29.6 Å². The fourth-order valence-corrected chi connectivity index (χ4v) is 6.58. The second-order valence-corrected chi connectivity index (χ2v) is 12.5. The van der Waals surface area contributed by atoms with Crippen LogP contribution in [0.4, 0.5) is 29.3 Å². The van der Waals surface area contributed by atoms with E-state index >= 15 is 0 Å². The summed E-state index contributed by atoms with van der Waals surface area (Å²) in [5, 5.41) is 9.99. The van der Waals surface area contributed by atoms with Gasteiger partial charge in [0.15, 0.2) is 11.6 Å². The molecule has 1 aromatic carbocycles. The quantitative estimate of drug-likeness (QED) is 0.196. The van der Waals surface area contributed by atoms with Gasteiger partial charge < -0.3 is 25.6 Å². The number of ether oxygens (including phenoxy) is 1. The topological polar surface area (TPSA) is 74.3 Å². The van der Waals surface area contributed by atoms with Crippen molar-refractivity contribution in [2.75, 3.05) is 36.8 Å². The first-order valence-corrected chi connectivity index (χ1v) is 15.9. The van der Waals surface area contributed by atoms with Crippen LogP contribution < -0.4 is 20.7 Å². The molecule has 2 aromatic rings. The summed E-state index contributed by atoms with van der Waals surface area (Å²) in [5.41, 5.74) is 0.285. The van der Waals surface area contributed by atoms with Gasteiger partial charge in [0.1, 0.15) is 5.75 Å². The summed E-state index contributed by atoms with van der Waals surface area (Å²) < 4.78 is 57.1. The molecule has 2 heterocycles. The largest absolute Gasteiger partial charge is 0.573 e. The Kier molecular flexibility index (Phi) is 12.3. The molecule has 43 heavy (non-hydrogen) atoms. The van der Waals surface area contributed by atoms with Crippen LogP contribution in [0.2, 0.25) is 0 Å². The van der Waals surface area contributed by atoms with Crippen LogP contribution in [-0.2, 0) is 6.54 Å². The number of benzene rings is 1. The third-order valence-electron chi connectivity index (χ3n) is 8.86. The van der Waals surface area contributed by atoms with Crippen molar-refractivity contribution >= 4 is 11.8 Å². The molecule has 0 spiro atoms. The minimum absolute atomic E-state index is 0.00969. The van der Waals surface area contributed by atoms with Crippen LogP contribution in [0.5, 0.6) is 5.75 Å². The molecule has 1 aromatic heterocycles. The number of hydrogen-bond acceptors (Lipinski definition) is 7. The molecular formula is C32H48F4N6O. The second kappa shape index (κ2) is 15.9. The molecule has 7 nitrogen and oxygen atoms in total. The minimum atomic E-state index is -4.80. The molecule has 1 saturated heterocycles. The van der Waals surface area contributed by atoms with Crippen molar-refractivity contribution in [2.24, 2.45) is 17.8 Å². The van der Waals surface area contributed by atoms with Gasteiger partial charge in [-0.1, -0.05) is 44.4 Å². The molecule has 2 aliphatic rings. The number of likely N-dealkylation sites (tertiary alicyclic amines) is 1. The van der Waals surface area contributed by atoms with E-state index in [2.05, 4.69) is 56.3 Å². The fraction of sp³-hybridized carbons (Fsp3) is 0.688. The van der Waals surface area contributed by atoms with Crippen LogP contribution in [0.3, 0.4) is 0 Å². The van der Waals surface area contributed by atoms with Crippen LogP contribution in [0.25, 0.3) is 0 Å². The summed E-state index contributed by atoms with van der Waals surface area (Å²) in [4.78, 5) is 10.8. The van der Waals surface area contributed by atoms with E-state index in [1.165, 1.54) is 56.7 Å². The predicted molar refractivity (Wildman–Crippen MR) is 163 cm³/mol. The second-order valence-electron chi connectivity index (χ2n) is 12.5. The highest BCUT2D eigenvalue weighted by Crippen LogP contribution is 2.36. The maximum atomic E-state index is 14.7. The Balaban J connectivity index is 1.31. The van der Waals surface area contributed by atoms with E-state index in [4.69, 9.17) is 0 Å². The Bertz CT molecular complexity index is 1130. The lowest BCUT2D eigenvalue weighted by atomic mass is 9.73. The highest BCUT2D eigenvalue weighted by Gasteiger charge is 2.32. The first kappa shape index (κ1) is 33.2. The average molecular weight is 609 g/mol.